The number of nitrogens with one attached hydrogen (secondary N) is 1. The van der Waals surface area contributed by atoms with Gasteiger partial charge in [-0.1, -0.05) is 11.6 Å². The Morgan fingerprint density at radius 2 is 1.97 bits per heavy atom. The fourth-order valence-corrected chi connectivity index (χ4v) is 2.72. The second-order valence-corrected chi connectivity index (χ2v) is 6.39. The van der Waals surface area contributed by atoms with Crippen molar-refractivity contribution < 1.29 is 19.2 Å². The summed E-state index contributed by atoms with van der Waals surface area (Å²) in [4.78, 5) is 31.6. The fraction of sp³-hybridized carbons (Fsp3) is 0.150. The monoisotopic (exact) mass is 428 g/mol. The molecule has 0 saturated heterocycles. The zero-order valence-electron chi connectivity index (χ0n) is 16.1. The third kappa shape index (κ3) is 4.64. The van der Waals surface area contributed by atoms with Crippen molar-refractivity contribution in [2.24, 2.45) is 0 Å². The number of rotatable bonds is 7. The minimum absolute atomic E-state index is 0.106. The molecule has 0 fully saturated rings. The van der Waals surface area contributed by atoms with Gasteiger partial charge in [-0.3, -0.25) is 10.1 Å². The van der Waals surface area contributed by atoms with Crippen molar-refractivity contribution in [2.75, 3.05) is 19.0 Å². The Bertz CT molecular complexity index is 1090. The second kappa shape index (κ2) is 9.19. The van der Waals surface area contributed by atoms with E-state index in [1.165, 1.54) is 31.5 Å². The molecule has 0 aliphatic rings. The molecule has 0 saturated carbocycles. The van der Waals surface area contributed by atoms with Gasteiger partial charge in [-0.05, 0) is 37.3 Å². The lowest BCUT2D eigenvalue weighted by molar-refractivity contribution is -0.384. The number of carbonyl (C=O) groups is 1. The van der Waals surface area contributed by atoms with Gasteiger partial charge in [-0.25, -0.2) is 14.8 Å². The van der Waals surface area contributed by atoms with Crippen molar-refractivity contribution in [3.8, 4) is 17.1 Å². The van der Waals surface area contributed by atoms with Crippen molar-refractivity contribution >= 4 is 34.8 Å². The Hall–Kier alpha value is -3.72. The van der Waals surface area contributed by atoms with E-state index in [4.69, 9.17) is 21.1 Å². The molecule has 0 bridgehead atoms. The normalized spacial score (nSPS) is 10.4. The molecule has 1 N–H and O–H groups in total. The molecule has 0 atom stereocenters. The van der Waals surface area contributed by atoms with Crippen LogP contribution in [0.2, 0.25) is 5.02 Å². The molecule has 30 heavy (non-hydrogen) atoms. The SMILES string of the molecule is CCOC(=O)c1cnc(-c2ccc(Cl)cc2)nc1Nc1ccc([N+](=O)[O-])cc1OC. The van der Waals surface area contributed by atoms with Crippen LogP contribution in [0.5, 0.6) is 5.75 Å². The van der Waals surface area contributed by atoms with Crippen molar-refractivity contribution in [1.29, 1.82) is 0 Å². The van der Waals surface area contributed by atoms with Gasteiger partial charge in [-0.15, -0.1) is 0 Å². The van der Waals surface area contributed by atoms with Crippen LogP contribution >= 0.6 is 11.6 Å². The zero-order valence-corrected chi connectivity index (χ0v) is 16.8. The highest BCUT2D eigenvalue weighted by molar-refractivity contribution is 6.30. The highest BCUT2D eigenvalue weighted by Crippen LogP contribution is 2.32. The molecule has 3 rings (SSSR count). The predicted molar refractivity (Wildman–Crippen MR) is 111 cm³/mol. The minimum Gasteiger partial charge on any atom is -0.494 e. The van der Waals surface area contributed by atoms with Gasteiger partial charge in [0.25, 0.3) is 5.69 Å². The Kier molecular flexibility index (Phi) is 6.43. The van der Waals surface area contributed by atoms with Crippen molar-refractivity contribution in [3.05, 3.63) is 69.4 Å². The number of ether oxygens (including phenoxy) is 2. The summed E-state index contributed by atoms with van der Waals surface area (Å²) in [5, 5.41) is 14.6. The molecule has 1 heterocycles. The maximum Gasteiger partial charge on any atom is 0.343 e. The van der Waals surface area contributed by atoms with E-state index < -0.39 is 10.9 Å². The van der Waals surface area contributed by atoms with Gasteiger partial charge in [0, 0.05) is 22.8 Å². The molecule has 0 amide bonds. The lowest BCUT2D eigenvalue weighted by Crippen LogP contribution is -2.11. The molecule has 10 heteroatoms. The van der Waals surface area contributed by atoms with Crippen LogP contribution in [0.15, 0.2) is 48.7 Å². The molecule has 154 valence electrons. The second-order valence-electron chi connectivity index (χ2n) is 5.95. The summed E-state index contributed by atoms with van der Waals surface area (Å²) in [5.41, 5.74) is 1.05. The van der Waals surface area contributed by atoms with E-state index in [0.717, 1.165) is 0 Å². The number of nitro groups is 1. The predicted octanol–water partition coefficient (Wildman–Crippen LogP) is 4.63. The van der Waals surface area contributed by atoms with Crippen LogP contribution in [0.3, 0.4) is 0 Å². The lowest BCUT2D eigenvalue weighted by atomic mass is 10.2. The number of anilines is 2. The standard InChI is InChI=1S/C20H17ClN4O5/c1-3-30-20(26)15-11-22-18(12-4-6-13(21)7-5-12)24-19(15)23-16-9-8-14(25(27)28)10-17(16)29-2/h4-11H,3H2,1-2H3,(H,22,23,24). The summed E-state index contributed by atoms with van der Waals surface area (Å²) in [6.45, 7) is 1.87. The van der Waals surface area contributed by atoms with E-state index >= 15 is 0 Å². The van der Waals surface area contributed by atoms with Crippen LogP contribution in [-0.4, -0.2) is 34.6 Å². The van der Waals surface area contributed by atoms with E-state index in [1.807, 2.05) is 0 Å². The van der Waals surface area contributed by atoms with Gasteiger partial charge in [0.2, 0.25) is 0 Å². The van der Waals surface area contributed by atoms with E-state index in [1.54, 1.807) is 31.2 Å². The molecule has 2 aromatic carbocycles. The molecule has 1 aromatic heterocycles. The zero-order chi connectivity index (χ0) is 21.7. The summed E-state index contributed by atoms with van der Waals surface area (Å²) in [6.07, 6.45) is 1.36. The Morgan fingerprint density at radius 3 is 2.60 bits per heavy atom. The number of nitrogens with zero attached hydrogens (tertiary/aromatic N) is 3. The first-order valence-electron chi connectivity index (χ1n) is 8.82. The van der Waals surface area contributed by atoms with Crippen molar-refractivity contribution in [1.82, 2.24) is 9.97 Å². The maximum atomic E-state index is 12.4. The number of carbonyl (C=O) groups excluding carboxylic acids is 1. The molecule has 9 nitrogen and oxygen atoms in total. The van der Waals surface area contributed by atoms with Gasteiger partial charge in [0.1, 0.15) is 17.1 Å². The molecule has 0 unspecified atom stereocenters. The summed E-state index contributed by atoms with van der Waals surface area (Å²) in [5.74, 6) is 0.123. The number of hydrogen-bond donors (Lipinski definition) is 1. The lowest BCUT2D eigenvalue weighted by Gasteiger charge is -2.14. The van der Waals surface area contributed by atoms with Crippen LogP contribution in [0.4, 0.5) is 17.2 Å². The number of methoxy groups -OCH3 is 1. The van der Waals surface area contributed by atoms with Crippen LogP contribution < -0.4 is 10.1 Å². The third-order valence-corrected chi connectivity index (χ3v) is 4.29. The highest BCUT2D eigenvalue weighted by atomic mass is 35.5. The Labute approximate surface area is 176 Å². The van der Waals surface area contributed by atoms with Crippen molar-refractivity contribution in [3.63, 3.8) is 0 Å². The number of esters is 1. The Morgan fingerprint density at radius 1 is 1.23 bits per heavy atom. The van der Waals surface area contributed by atoms with Crippen LogP contribution in [-0.2, 0) is 4.74 Å². The minimum atomic E-state index is -0.608. The average molecular weight is 429 g/mol. The number of non-ortho nitro benzene ring substituents is 1. The summed E-state index contributed by atoms with van der Waals surface area (Å²) >= 11 is 5.93. The van der Waals surface area contributed by atoms with E-state index in [-0.39, 0.29) is 29.4 Å². The molecule has 3 aromatic rings. The average Bonchev–Trinajstić information content (AvgIpc) is 2.74. The van der Waals surface area contributed by atoms with Gasteiger partial charge in [0.05, 0.1) is 30.4 Å². The molecule has 0 spiro atoms. The summed E-state index contributed by atoms with van der Waals surface area (Å²) < 4.78 is 10.3. The quantitative estimate of drug-likeness (QED) is 0.328. The number of halogens is 1. The molecule has 0 aliphatic heterocycles. The van der Waals surface area contributed by atoms with Gasteiger partial charge < -0.3 is 14.8 Å². The van der Waals surface area contributed by atoms with Gasteiger partial charge >= 0.3 is 5.97 Å². The van der Waals surface area contributed by atoms with Crippen LogP contribution in [0.25, 0.3) is 11.4 Å². The van der Waals surface area contributed by atoms with Gasteiger partial charge in [0.15, 0.2) is 5.82 Å². The smallest absolute Gasteiger partial charge is 0.343 e. The first-order valence-corrected chi connectivity index (χ1v) is 9.20. The highest BCUT2D eigenvalue weighted by Gasteiger charge is 2.19. The molecular weight excluding hydrogens is 412 g/mol. The van der Waals surface area contributed by atoms with Crippen molar-refractivity contribution in [2.45, 2.75) is 6.92 Å². The molecule has 0 aliphatic carbocycles. The molecule has 0 radical (unpaired) electrons. The maximum absolute atomic E-state index is 12.4. The van der Waals surface area contributed by atoms with E-state index in [9.17, 15) is 14.9 Å². The topological polar surface area (TPSA) is 116 Å². The number of benzene rings is 2. The van der Waals surface area contributed by atoms with Crippen LogP contribution in [0.1, 0.15) is 17.3 Å². The Balaban J connectivity index is 2.06. The molecular formula is C20H17ClN4O5. The van der Waals surface area contributed by atoms with E-state index in [2.05, 4.69) is 15.3 Å². The van der Waals surface area contributed by atoms with Crippen LogP contribution in [0, 0.1) is 10.1 Å². The fourth-order valence-electron chi connectivity index (χ4n) is 2.60. The number of aromatic nitrogens is 2. The largest absolute Gasteiger partial charge is 0.494 e. The number of hydrogen-bond acceptors (Lipinski definition) is 8. The summed E-state index contributed by atoms with van der Waals surface area (Å²) in [7, 11) is 1.38. The third-order valence-electron chi connectivity index (χ3n) is 4.04. The number of nitro benzene ring substituents is 1. The summed E-state index contributed by atoms with van der Waals surface area (Å²) in [6, 6.07) is 11.0. The first-order chi connectivity index (χ1) is 14.4. The van der Waals surface area contributed by atoms with Gasteiger partial charge in [-0.2, -0.15) is 0 Å². The first kappa shape index (κ1) is 21.0. The van der Waals surface area contributed by atoms with E-state index in [0.29, 0.717) is 22.1 Å².